The molecule has 0 unspecified atom stereocenters. The minimum absolute atomic E-state index is 0.0555. The SMILES string of the molecule is O=C(NC1CCC(CN2C(=O)C3(CN(c4nccnc4OCCO)C3)c3ccc(F)cc32)CC1)c1cc(Cl)cnc1C(F)F. The van der Waals surface area contributed by atoms with Crippen molar-refractivity contribution in [3.05, 3.63) is 70.5 Å². The van der Waals surface area contributed by atoms with Crippen LogP contribution in [-0.2, 0) is 10.2 Å². The Bertz CT molecular complexity index is 1570. The second-order valence-corrected chi connectivity index (χ2v) is 11.8. The van der Waals surface area contributed by atoms with E-state index in [0.29, 0.717) is 56.8 Å². The number of ether oxygens (including phenoxy) is 1. The molecule has 2 aliphatic heterocycles. The third kappa shape index (κ3) is 5.54. The topological polar surface area (TPSA) is 121 Å². The van der Waals surface area contributed by atoms with Crippen LogP contribution in [0.1, 0.15) is 53.7 Å². The molecule has 3 aliphatic rings. The van der Waals surface area contributed by atoms with Crippen molar-refractivity contribution in [2.45, 2.75) is 43.6 Å². The highest BCUT2D eigenvalue weighted by Gasteiger charge is 2.59. The highest BCUT2D eigenvalue weighted by Crippen LogP contribution is 2.50. The van der Waals surface area contributed by atoms with Crippen molar-refractivity contribution in [3.63, 3.8) is 0 Å². The van der Waals surface area contributed by atoms with Crippen LogP contribution >= 0.6 is 11.6 Å². The van der Waals surface area contributed by atoms with Crippen LogP contribution in [0.4, 0.5) is 24.7 Å². The number of carbonyl (C=O) groups is 2. The smallest absolute Gasteiger partial charge is 0.281 e. The fourth-order valence-electron chi connectivity index (χ4n) is 6.45. The first kappa shape index (κ1) is 30.1. The molecule has 2 N–H and O–H groups in total. The Hall–Kier alpha value is -3.97. The molecule has 232 valence electrons. The minimum Gasteiger partial charge on any atom is -0.473 e. The largest absolute Gasteiger partial charge is 0.473 e. The highest BCUT2D eigenvalue weighted by molar-refractivity contribution is 6.30. The number of aliphatic hydroxyl groups is 1. The second kappa shape index (κ2) is 12.2. The van der Waals surface area contributed by atoms with Crippen LogP contribution in [0, 0.1) is 11.7 Å². The molecular weight excluding hydrogens is 601 g/mol. The Kier molecular flexibility index (Phi) is 8.34. The highest BCUT2D eigenvalue weighted by atomic mass is 35.5. The lowest BCUT2D eigenvalue weighted by molar-refractivity contribution is -0.124. The number of hydrogen-bond donors (Lipinski definition) is 2. The van der Waals surface area contributed by atoms with Crippen molar-refractivity contribution in [1.29, 1.82) is 0 Å². The summed E-state index contributed by atoms with van der Waals surface area (Å²) in [5, 5.41) is 12.1. The van der Waals surface area contributed by atoms with Crippen molar-refractivity contribution in [2.24, 2.45) is 5.92 Å². The lowest BCUT2D eigenvalue weighted by Crippen LogP contribution is -2.64. The Morgan fingerprint density at radius 2 is 1.89 bits per heavy atom. The molecule has 1 spiro atoms. The number of aliphatic hydroxyl groups excluding tert-OH is 1. The van der Waals surface area contributed by atoms with E-state index >= 15 is 0 Å². The molecule has 0 radical (unpaired) electrons. The van der Waals surface area contributed by atoms with Crippen LogP contribution < -0.4 is 19.9 Å². The van der Waals surface area contributed by atoms with E-state index in [1.807, 2.05) is 4.90 Å². The lowest BCUT2D eigenvalue weighted by Gasteiger charge is -2.47. The van der Waals surface area contributed by atoms with Crippen LogP contribution in [0.5, 0.6) is 5.88 Å². The normalized spacial score (nSPS) is 20.5. The first-order valence-corrected chi connectivity index (χ1v) is 14.7. The summed E-state index contributed by atoms with van der Waals surface area (Å²) in [5.74, 6) is -0.372. The molecule has 2 aromatic heterocycles. The molecule has 1 saturated carbocycles. The van der Waals surface area contributed by atoms with Gasteiger partial charge in [0, 0.05) is 44.3 Å². The van der Waals surface area contributed by atoms with Crippen LogP contribution in [0.2, 0.25) is 5.02 Å². The number of nitrogens with zero attached hydrogens (tertiary/aromatic N) is 5. The monoisotopic (exact) mass is 630 g/mol. The Morgan fingerprint density at radius 3 is 2.61 bits per heavy atom. The number of halogens is 4. The molecule has 1 aliphatic carbocycles. The first-order chi connectivity index (χ1) is 21.2. The van der Waals surface area contributed by atoms with Gasteiger partial charge in [0.2, 0.25) is 5.91 Å². The van der Waals surface area contributed by atoms with Crippen LogP contribution in [0.25, 0.3) is 0 Å². The first-order valence-electron chi connectivity index (χ1n) is 14.4. The number of aromatic nitrogens is 3. The van der Waals surface area contributed by atoms with Crippen molar-refractivity contribution < 1.29 is 32.6 Å². The van der Waals surface area contributed by atoms with E-state index in [0.717, 1.165) is 11.8 Å². The van der Waals surface area contributed by atoms with Crippen molar-refractivity contribution in [3.8, 4) is 5.88 Å². The third-order valence-corrected chi connectivity index (χ3v) is 8.78. The zero-order valence-electron chi connectivity index (χ0n) is 23.6. The maximum absolute atomic E-state index is 14.4. The van der Waals surface area contributed by atoms with Gasteiger partial charge in [-0.1, -0.05) is 17.7 Å². The molecule has 0 atom stereocenters. The summed E-state index contributed by atoms with van der Waals surface area (Å²) in [6, 6.07) is 5.39. The zero-order chi connectivity index (χ0) is 31.0. The van der Waals surface area contributed by atoms with Crippen molar-refractivity contribution in [2.75, 3.05) is 42.6 Å². The number of anilines is 2. The number of pyridine rings is 1. The average Bonchev–Trinajstić information content (AvgIpc) is 3.23. The average molecular weight is 631 g/mol. The van der Waals surface area contributed by atoms with Crippen LogP contribution in [0.15, 0.2) is 42.9 Å². The van der Waals surface area contributed by atoms with Crippen molar-refractivity contribution in [1.82, 2.24) is 20.3 Å². The molecule has 3 aromatic rings. The molecule has 44 heavy (non-hydrogen) atoms. The summed E-state index contributed by atoms with van der Waals surface area (Å²) in [4.78, 5) is 42.6. The van der Waals surface area contributed by atoms with E-state index in [2.05, 4.69) is 20.3 Å². The zero-order valence-corrected chi connectivity index (χ0v) is 24.3. The maximum Gasteiger partial charge on any atom is 0.281 e. The number of rotatable bonds is 9. The van der Waals surface area contributed by atoms with Gasteiger partial charge in [-0.3, -0.25) is 14.6 Å². The lowest BCUT2D eigenvalue weighted by atomic mass is 9.74. The minimum atomic E-state index is -2.91. The molecule has 1 aromatic carbocycles. The number of hydrogen-bond acceptors (Lipinski definition) is 8. The quantitative estimate of drug-likeness (QED) is 0.363. The number of carbonyl (C=O) groups excluding carboxylic acids is 2. The van der Waals surface area contributed by atoms with Gasteiger partial charge < -0.3 is 25.0 Å². The van der Waals surface area contributed by atoms with Crippen LogP contribution in [-0.4, -0.2) is 70.8 Å². The molecule has 10 nitrogen and oxygen atoms in total. The number of amides is 2. The van der Waals surface area contributed by atoms with E-state index < -0.39 is 29.3 Å². The number of nitrogens with one attached hydrogen (secondary N) is 1. The van der Waals surface area contributed by atoms with Crippen LogP contribution in [0.3, 0.4) is 0 Å². The third-order valence-electron chi connectivity index (χ3n) is 8.58. The molecule has 2 amide bonds. The Labute approximate surface area is 256 Å². The van der Waals surface area contributed by atoms with Crippen molar-refractivity contribution >= 4 is 34.9 Å². The molecule has 2 fully saturated rings. The summed E-state index contributed by atoms with van der Waals surface area (Å²) < 4.78 is 46.8. The molecule has 6 rings (SSSR count). The van der Waals surface area contributed by atoms with Gasteiger partial charge in [-0.05, 0) is 55.4 Å². The van der Waals surface area contributed by atoms with Gasteiger partial charge in [0.1, 0.15) is 23.5 Å². The van der Waals surface area contributed by atoms with E-state index in [1.165, 1.54) is 30.6 Å². The van der Waals surface area contributed by atoms with Gasteiger partial charge in [0.05, 0.1) is 22.9 Å². The predicted octanol–water partition coefficient (Wildman–Crippen LogP) is 4.07. The van der Waals surface area contributed by atoms with Gasteiger partial charge in [0.25, 0.3) is 18.2 Å². The number of alkyl halides is 2. The summed E-state index contributed by atoms with van der Waals surface area (Å²) in [6.07, 6.45) is 3.73. The molecule has 0 bridgehead atoms. The Morgan fingerprint density at radius 1 is 1.14 bits per heavy atom. The van der Waals surface area contributed by atoms with Gasteiger partial charge in [0.15, 0.2) is 5.82 Å². The molecular formula is C30H30ClF3N6O4. The second-order valence-electron chi connectivity index (χ2n) is 11.4. The number of fused-ring (bicyclic) bond motifs is 2. The fourth-order valence-corrected chi connectivity index (χ4v) is 6.61. The van der Waals surface area contributed by atoms with Gasteiger partial charge in [-0.25, -0.2) is 23.1 Å². The molecule has 4 heterocycles. The summed E-state index contributed by atoms with van der Waals surface area (Å²) >= 11 is 5.90. The van der Waals surface area contributed by atoms with Gasteiger partial charge >= 0.3 is 0 Å². The predicted molar refractivity (Wildman–Crippen MR) is 155 cm³/mol. The molecule has 1 saturated heterocycles. The van der Waals surface area contributed by atoms with E-state index in [9.17, 15) is 22.8 Å². The van der Waals surface area contributed by atoms with E-state index in [4.69, 9.17) is 21.4 Å². The summed E-state index contributed by atoms with van der Waals surface area (Å²) in [6.45, 7) is 0.890. The maximum atomic E-state index is 14.4. The number of benzene rings is 1. The molecule has 14 heteroatoms. The van der Waals surface area contributed by atoms with E-state index in [-0.39, 0.29) is 47.5 Å². The fraction of sp³-hybridized carbons (Fsp3) is 0.433. The Balaban J connectivity index is 1.12. The standard InChI is InChI=1S/C30H30ClF3N6O4/c31-18-11-21(24(25(33)34)37-13-18)27(42)38-20-4-1-17(2-5-20)14-40-23-12-19(32)3-6-22(23)30(29(40)43)15-39(16-30)26-28(44-10-9-41)36-8-7-35-26/h3,6-8,11-13,17,20,25,41H,1-2,4-5,9-10,14-16H2,(H,38,42). The summed E-state index contributed by atoms with van der Waals surface area (Å²) in [5.41, 5.74) is -0.422. The van der Waals surface area contributed by atoms with Gasteiger partial charge in [-0.15, -0.1) is 0 Å². The van der Waals surface area contributed by atoms with E-state index in [1.54, 1.807) is 11.0 Å². The summed E-state index contributed by atoms with van der Waals surface area (Å²) in [7, 11) is 0. The van der Waals surface area contributed by atoms with Gasteiger partial charge in [-0.2, -0.15) is 0 Å².